The number of anilines is 1. The van der Waals surface area contributed by atoms with E-state index in [-0.39, 0.29) is 12.3 Å². The summed E-state index contributed by atoms with van der Waals surface area (Å²) in [6.45, 7) is 9.46. The molecule has 0 saturated carbocycles. The number of amides is 1. The highest BCUT2D eigenvalue weighted by atomic mass is 16.5. The average Bonchev–Trinajstić information content (AvgIpc) is 2.65. The van der Waals surface area contributed by atoms with Crippen molar-refractivity contribution in [1.29, 1.82) is 0 Å². The number of carbonyl (C=O) groups is 2. The molecule has 0 unspecified atom stereocenters. The molecule has 0 spiro atoms. The second kappa shape index (κ2) is 11.0. The molecule has 1 aliphatic heterocycles. The first-order valence-electron chi connectivity index (χ1n) is 9.81. The molecule has 1 heterocycles. The minimum absolute atomic E-state index is 0.0985. The molecule has 150 valence electrons. The van der Waals surface area contributed by atoms with Gasteiger partial charge in [0.25, 0.3) is 0 Å². The van der Waals surface area contributed by atoms with Gasteiger partial charge in [0.05, 0.1) is 38.7 Å². The van der Waals surface area contributed by atoms with Gasteiger partial charge in [0, 0.05) is 12.1 Å². The van der Waals surface area contributed by atoms with Crippen LogP contribution in [-0.2, 0) is 14.3 Å². The maximum Gasteiger partial charge on any atom is 0.230 e. The summed E-state index contributed by atoms with van der Waals surface area (Å²) in [6, 6.07) is 6.76. The van der Waals surface area contributed by atoms with Crippen LogP contribution in [0.4, 0.5) is 5.69 Å². The van der Waals surface area contributed by atoms with E-state index in [9.17, 15) is 14.7 Å². The Morgan fingerprint density at radius 1 is 1.22 bits per heavy atom. The molecule has 0 aliphatic carbocycles. The van der Waals surface area contributed by atoms with E-state index in [4.69, 9.17) is 4.74 Å². The van der Waals surface area contributed by atoms with Crippen molar-refractivity contribution in [2.45, 2.75) is 38.6 Å². The van der Waals surface area contributed by atoms with E-state index >= 15 is 0 Å². The fraction of sp³-hybridized carbons (Fsp3) is 0.600. The van der Waals surface area contributed by atoms with Crippen LogP contribution in [0.2, 0.25) is 0 Å². The summed E-state index contributed by atoms with van der Waals surface area (Å²) in [5.41, 5.74) is 1.87. The fourth-order valence-corrected chi connectivity index (χ4v) is 3.21. The minimum Gasteiger partial charge on any atom is -0.544 e. The number of rotatable bonds is 10. The van der Waals surface area contributed by atoms with Crippen LogP contribution in [-0.4, -0.2) is 57.3 Å². The molecule has 1 aliphatic rings. The van der Waals surface area contributed by atoms with Crippen LogP contribution >= 0.6 is 0 Å². The van der Waals surface area contributed by atoms with Gasteiger partial charge in [0.2, 0.25) is 5.91 Å². The Kier molecular flexibility index (Phi) is 8.71. The smallest absolute Gasteiger partial charge is 0.230 e. The Hall–Kier alpha value is -1.96. The van der Waals surface area contributed by atoms with Gasteiger partial charge in [-0.25, -0.2) is 0 Å². The highest BCUT2D eigenvalue weighted by Crippen LogP contribution is 2.17. The standard InChI is InChI=1S/C20H31N3O4/c1-15(2)16-4-6-17(7-5-16)22-19(24)14-18(20(25)26)21-8-3-9-23-10-12-27-13-11-23/h4-7,15,18,21H,3,8-14H2,1-2H3,(H,22,24)(H,25,26)/p+1/t18-/m1/s1. The van der Waals surface area contributed by atoms with Gasteiger partial charge in [-0.1, -0.05) is 26.0 Å². The third-order valence-electron chi connectivity index (χ3n) is 4.95. The number of morpholine rings is 1. The second-order valence-electron chi connectivity index (χ2n) is 7.44. The molecule has 7 nitrogen and oxygen atoms in total. The van der Waals surface area contributed by atoms with Gasteiger partial charge >= 0.3 is 0 Å². The maximum absolute atomic E-state index is 12.2. The van der Waals surface area contributed by atoms with Crippen molar-refractivity contribution >= 4 is 17.6 Å². The van der Waals surface area contributed by atoms with Crippen molar-refractivity contribution in [1.82, 2.24) is 0 Å². The number of carbonyl (C=O) groups excluding carboxylic acids is 2. The summed E-state index contributed by atoms with van der Waals surface area (Å²) < 4.78 is 5.33. The van der Waals surface area contributed by atoms with Crippen LogP contribution in [0, 0.1) is 0 Å². The Labute approximate surface area is 161 Å². The molecule has 1 saturated heterocycles. The molecule has 27 heavy (non-hydrogen) atoms. The molecule has 1 fully saturated rings. The maximum atomic E-state index is 12.2. The van der Waals surface area contributed by atoms with Crippen LogP contribution in [0.25, 0.3) is 0 Å². The first kappa shape index (κ1) is 21.3. The highest BCUT2D eigenvalue weighted by Gasteiger charge is 2.19. The molecule has 4 N–H and O–H groups in total. The zero-order valence-electron chi connectivity index (χ0n) is 16.3. The lowest BCUT2D eigenvalue weighted by molar-refractivity contribution is -0.909. The highest BCUT2D eigenvalue weighted by molar-refractivity contribution is 5.93. The number of benzene rings is 1. The lowest BCUT2D eigenvalue weighted by atomic mass is 10.0. The molecule has 0 radical (unpaired) electrons. The quantitative estimate of drug-likeness (QED) is 0.415. The monoisotopic (exact) mass is 378 g/mol. The minimum atomic E-state index is -1.20. The topological polar surface area (TPSA) is 99.5 Å². The van der Waals surface area contributed by atoms with Crippen molar-refractivity contribution in [2.24, 2.45) is 0 Å². The number of quaternary nitrogens is 2. The van der Waals surface area contributed by atoms with Gasteiger partial charge < -0.3 is 30.2 Å². The van der Waals surface area contributed by atoms with Gasteiger partial charge in [-0.15, -0.1) is 0 Å². The van der Waals surface area contributed by atoms with Crippen molar-refractivity contribution in [2.75, 3.05) is 44.7 Å². The van der Waals surface area contributed by atoms with E-state index in [1.54, 1.807) is 5.32 Å². The van der Waals surface area contributed by atoms with Crippen LogP contribution in [0.3, 0.4) is 0 Å². The summed E-state index contributed by atoms with van der Waals surface area (Å²) >= 11 is 0. The molecule has 0 bridgehead atoms. The number of carboxylic acids is 1. The molecule has 0 aromatic heterocycles. The number of carboxylic acid groups (broad SMARTS) is 1. The van der Waals surface area contributed by atoms with Crippen LogP contribution < -0.4 is 20.6 Å². The molecule has 7 heteroatoms. The van der Waals surface area contributed by atoms with Gasteiger partial charge in [0.15, 0.2) is 0 Å². The second-order valence-corrected chi connectivity index (χ2v) is 7.44. The van der Waals surface area contributed by atoms with Gasteiger partial charge in [-0.3, -0.25) is 4.79 Å². The predicted octanol–water partition coefficient (Wildman–Crippen LogP) is -1.87. The van der Waals surface area contributed by atoms with Crippen LogP contribution in [0.15, 0.2) is 24.3 Å². The number of hydrogen-bond acceptors (Lipinski definition) is 4. The fourth-order valence-electron chi connectivity index (χ4n) is 3.21. The van der Waals surface area contributed by atoms with E-state index in [1.807, 2.05) is 24.3 Å². The lowest BCUT2D eigenvalue weighted by Crippen LogP contribution is -3.14. The normalized spacial score (nSPS) is 16.3. The van der Waals surface area contributed by atoms with E-state index < -0.39 is 12.0 Å². The first-order chi connectivity index (χ1) is 13.0. The summed E-state index contributed by atoms with van der Waals surface area (Å²) in [4.78, 5) is 25.0. The Morgan fingerprint density at radius 3 is 2.48 bits per heavy atom. The van der Waals surface area contributed by atoms with Crippen LogP contribution in [0.1, 0.15) is 38.2 Å². The van der Waals surface area contributed by atoms with Crippen molar-refractivity contribution < 1.29 is 29.6 Å². The van der Waals surface area contributed by atoms with Gasteiger partial charge in [-0.2, -0.15) is 0 Å². The summed E-state index contributed by atoms with van der Waals surface area (Å²) in [6.07, 6.45) is 0.802. The van der Waals surface area contributed by atoms with Crippen molar-refractivity contribution in [3.8, 4) is 0 Å². The number of nitrogens with one attached hydrogen (secondary N) is 2. The van der Waals surface area contributed by atoms with E-state index in [0.717, 1.165) is 39.3 Å². The molecule has 1 amide bonds. The van der Waals surface area contributed by atoms with Gasteiger partial charge in [0.1, 0.15) is 19.1 Å². The predicted molar refractivity (Wildman–Crippen MR) is 100 cm³/mol. The van der Waals surface area contributed by atoms with Crippen molar-refractivity contribution in [3.05, 3.63) is 29.8 Å². The number of hydrogen-bond donors (Lipinski definition) is 3. The van der Waals surface area contributed by atoms with Gasteiger partial charge in [-0.05, 0) is 23.6 Å². The number of nitrogens with two attached hydrogens (primary N) is 1. The molecular weight excluding hydrogens is 346 g/mol. The third-order valence-corrected chi connectivity index (χ3v) is 4.95. The zero-order chi connectivity index (χ0) is 19.6. The number of ether oxygens (including phenoxy) is 1. The Balaban J connectivity index is 1.73. The largest absolute Gasteiger partial charge is 0.544 e. The lowest BCUT2D eigenvalue weighted by Gasteiger charge is -2.23. The number of aliphatic carboxylic acids is 1. The molecular formula is C20H32N3O4+. The third kappa shape index (κ3) is 7.66. The van der Waals surface area contributed by atoms with Crippen molar-refractivity contribution in [3.63, 3.8) is 0 Å². The van der Waals surface area contributed by atoms with Crippen LogP contribution in [0.5, 0.6) is 0 Å². The molecule has 2 rings (SSSR count). The Bertz CT molecular complexity index is 598. The zero-order valence-corrected chi connectivity index (χ0v) is 16.3. The summed E-state index contributed by atoms with van der Waals surface area (Å²) in [5.74, 6) is -1.08. The summed E-state index contributed by atoms with van der Waals surface area (Å²) in [7, 11) is 0. The SMILES string of the molecule is CC(C)c1ccc(NC(=O)C[C@@H]([NH2+]CCC[NH+]2CCOCC2)C(=O)[O-])cc1. The summed E-state index contributed by atoms with van der Waals surface area (Å²) in [5, 5.41) is 15.8. The van der Waals surface area contributed by atoms with E-state index in [2.05, 4.69) is 19.2 Å². The first-order valence-corrected chi connectivity index (χ1v) is 9.81. The van der Waals surface area contributed by atoms with E-state index in [1.165, 1.54) is 10.5 Å². The molecule has 1 aromatic rings. The molecule has 1 aromatic carbocycles. The van der Waals surface area contributed by atoms with E-state index in [0.29, 0.717) is 18.2 Å². The molecule has 1 atom stereocenters. The average molecular weight is 378 g/mol. The Morgan fingerprint density at radius 2 is 1.89 bits per heavy atom.